The summed E-state index contributed by atoms with van der Waals surface area (Å²) in [5.41, 5.74) is 0.0670. The Bertz CT molecular complexity index is 741. The van der Waals surface area contributed by atoms with Gasteiger partial charge in [-0.2, -0.15) is 0 Å². The van der Waals surface area contributed by atoms with Crippen LogP contribution in [0.5, 0.6) is 5.75 Å². The number of ether oxygens (including phenoxy) is 1. The predicted molar refractivity (Wildman–Crippen MR) is 110 cm³/mol. The molecule has 158 valence electrons. The van der Waals surface area contributed by atoms with Crippen molar-refractivity contribution in [1.29, 1.82) is 0 Å². The topological polar surface area (TPSA) is 79.0 Å². The van der Waals surface area contributed by atoms with Crippen molar-refractivity contribution < 1.29 is 19.1 Å². The molecule has 0 aromatic heterocycles. The van der Waals surface area contributed by atoms with E-state index in [1.165, 1.54) is 6.42 Å². The minimum atomic E-state index is -0.993. The number of amides is 4. The molecule has 2 aliphatic heterocycles. The SMILES string of the molecule is COc1ccc(CC[C@@]2(C)NC(=O)N(CC(=O)N3CCCCCCC3)C2=O)cc1. The molecule has 0 spiro atoms. The summed E-state index contributed by atoms with van der Waals surface area (Å²) in [5, 5.41) is 2.80. The van der Waals surface area contributed by atoms with Crippen LogP contribution in [-0.4, -0.2) is 59.9 Å². The summed E-state index contributed by atoms with van der Waals surface area (Å²) in [6.07, 6.45) is 6.52. The highest BCUT2D eigenvalue weighted by molar-refractivity contribution is 6.08. The van der Waals surface area contributed by atoms with E-state index in [4.69, 9.17) is 4.74 Å². The van der Waals surface area contributed by atoms with Gasteiger partial charge in [-0.3, -0.25) is 14.5 Å². The Morgan fingerprint density at radius 3 is 2.31 bits per heavy atom. The number of nitrogens with zero attached hydrogens (tertiary/aromatic N) is 2. The van der Waals surface area contributed by atoms with Gasteiger partial charge in [-0.25, -0.2) is 4.79 Å². The summed E-state index contributed by atoms with van der Waals surface area (Å²) >= 11 is 0. The number of benzene rings is 1. The van der Waals surface area contributed by atoms with Gasteiger partial charge in [-0.15, -0.1) is 0 Å². The zero-order valence-electron chi connectivity index (χ0n) is 17.4. The molecular formula is C22H31N3O4. The van der Waals surface area contributed by atoms with E-state index in [1.54, 1.807) is 18.9 Å². The predicted octanol–water partition coefficient (Wildman–Crippen LogP) is 2.73. The first-order valence-electron chi connectivity index (χ1n) is 10.5. The second-order valence-corrected chi connectivity index (χ2v) is 8.15. The largest absolute Gasteiger partial charge is 0.497 e. The first-order chi connectivity index (χ1) is 13.9. The summed E-state index contributed by atoms with van der Waals surface area (Å²) in [5.74, 6) is 0.310. The summed E-state index contributed by atoms with van der Waals surface area (Å²) in [6, 6.07) is 7.18. The third-order valence-electron chi connectivity index (χ3n) is 5.92. The van der Waals surface area contributed by atoms with Crippen molar-refractivity contribution in [3.05, 3.63) is 29.8 Å². The third kappa shape index (κ3) is 5.08. The van der Waals surface area contributed by atoms with E-state index < -0.39 is 11.6 Å². The van der Waals surface area contributed by atoms with E-state index in [9.17, 15) is 14.4 Å². The number of methoxy groups -OCH3 is 1. The van der Waals surface area contributed by atoms with Crippen LogP contribution in [0.4, 0.5) is 4.79 Å². The quantitative estimate of drug-likeness (QED) is 0.744. The van der Waals surface area contributed by atoms with Crippen LogP contribution >= 0.6 is 0 Å². The molecule has 29 heavy (non-hydrogen) atoms. The lowest BCUT2D eigenvalue weighted by Crippen LogP contribution is -2.46. The molecule has 0 unspecified atom stereocenters. The van der Waals surface area contributed by atoms with Crippen LogP contribution in [0.3, 0.4) is 0 Å². The number of hydrogen-bond donors (Lipinski definition) is 1. The van der Waals surface area contributed by atoms with Crippen molar-refractivity contribution in [3.8, 4) is 5.75 Å². The summed E-state index contributed by atoms with van der Waals surface area (Å²) in [7, 11) is 1.62. The van der Waals surface area contributed by atoms with Crippen molar-refractivity contribution in [1.82, 2.24) is 15.1 Å². The van der Waals surface area contributed by atoms with E-state index in [1.807, 2.05) is 24.3 Å². The zero-order valence-corrected chi connectivity index (χ0v) is 17.4. The molecule has 1 aromatic rings. The molecular weight excluding hydrogens is 370 g/mol. The van der Waals surface area contributed by atoms with Gasteiger partial charge in [0.25, 0.3) is 5.91 Å². The van der Waals surface area contributed by atoms with Gasteiger partial charge >= 0.3 is 6.03 Å². The second-order valence-electron chi connectivity index (χ2n) is 8.15. The van der Waals surface area contributed by atoms with Gasteiger partial charge in [0.1, 0.15) is 17.8 Å². The molecule has 2 saturated heterocycles. The third-order valence-corrected chi connectivity index (χ3v) is 5.92. The fourth-order valence-electron chi connectivity index (χ4n) is 3.98. The lowest BCUT2D eigenvalue weighted by atomic mass is 9.93. The van der Waals surface area contributed by atoms with Crippen LogP contribution in [0, 0.1) is 0 Å². The number of carbonyl (C=O) groups is 3. The van der Waals surface area contributed by atoms with Gasteiger partial charge in [-0.1, -0.05) is 31.4 Å². The first-order valence-corrected chi connectivity index (χ1v) is 10.5. The fraction of sp³-hybridized carbons (Fsp3) is 0.591. The molecule has 0 aliphatic carbocycles. The minimum Gasteiger partial charge on any atom is -0.497 e. The van der Waals surface area contributed by atoms with Crippen LogP contribution in [0.2, 0.25) is 0 Å². The van der Waals surface area contributed by atoms with Gasteiger partial charge < -0.3 is 15.0 Å². The summed E-state index contributed by atoms with van der Waals surface area (Å²) < 4.78 is 5.16. The van der Waals surface area contributed by atoms with Crippen LogP contribution in [0.1, 0.15) is 51.0 Å². The standard InChI is InChI=1S/C22H31N3O4/c1-22(13-12-17-8-10-18(29-2)11-9-17)20(27)25(21(28)23-22)16-19(26)24-14-6-4-3-5-7-15-24/h8-11H,3-7,12-16H2,1-2H3,(H,23,28)/t22-/m1/s1. The molecule has 0 bridgehead atoms. The number of rotatable bonds is 6. The van der Waals surface area contributed by atoms with Crippen LogP contribution in [-0.2, 0) is 16.0 Å². The number of urea groups is 1. The molecule has 2 heterocycles. The molecule has 1 aromatic carbocycles. The number of imide groups is 1. The minimum absolute atomic E-state index is 0.144. The fourth-order valence-corrected chi connectivity index (χ4v) is 3.98. The maximum atomic E-state index is 13.0. The molecule has 7 heteroatoms. The normalized spacial score (nSPS) is 22.8. The summed E-state index contributed by atoms with van der Waals surface area (Å²) in [4.78, 5) is 41.0. The molecule has 0 saturated carbocycles. The van der Waals surface area contributed by atoms with Crippen LogP contribution < -0.4 is 10.1 Å². The zero-order chi connectivity index (χ0) is 20.9. The lowest BCUT2D eigenvalue weighted by molar-refractivity contribution is -0.139. The number of likely N-dealkylation sites (tertiary alicyclic amines) is 1. The van der Waals surface area contributed by atoms with Gasteiger partial charge in [-0.05, 0) is 50.3 Å². The average Bonchev–Trinajstić information content (AvgIpc) is 2.90. The summed E-state index contributed by atoms with van der Waals surface area (Å²) in [6.45, 7) is 2.97. The van der Waals surface area contributed by atoms with Crippen molar-refractivity contribution in [2.45, 2.75) is 57.4 Å². The van der Waals surface area contributed by atoms with Crippen molar-refractivity contribution in [2.24, 2.45) is 0 Å². The van der Waals surface area contributed by atoms with E-state index in [0.29, 0.717) is 25.9 Å². The highest BCUT2D eigenvalue weighted by Gasteiger charge is 2.48. The Labute approximate surface area is 172 Å². The average molecular weight is 402 g/mol. The van der Waals surface area contributed by atoms with E-state index >= 15 is 0 Å². The Balaban J connectivity index is 1.59. The maximum absolute atomic E-state index is 13.0. The van der Waals surface area contributed by atoms with Gasteiger partial charge in [0, 0.05) is 13.1 Å². The molecule has 2 aliphatic rings. The highest BCUT2D eigenvalue weighted by atomic mass is 16.5. The molecule has 7 nitrogen and oxygen atoms in total. The van der Waals surface area contributed by atoms with Gasteiger partial charge in [0.2, 0.25) is 5.91 Å². The lowest BCUT2D eigenvalue weighted by Gasteiger charge is -2.26. The number of aryl methyl sites for hydroxylation is 1. The molecule has 4 amide bonds. The Hall–Kier alpha value is -2.57. The van der Waals surface area contributed by atoms with Gasteiger partial charge in [0.05, 0.1) is 7.11 Å². The second kappa shape index (κ2) is 9.29. The van der Waals surface area contributed by atoms with Crippen molar-refractivity contribution >= 4 is 17.8 Å². The Morgan fingerprint density at radius 2 is 1.69 bits per heavy atom. The van der Waals surface area contributed by atoms with Crippen LogP contribution in [0.25, 0.3) is 0 Å². The monoisotopic (exact) mass is 401 g/mol. The number of nitrogens with one attached hydrogen (secondary N) is 1. The molecule has 0 radical (unpaired) electrons. The first kappa shape index (κ1) is 21.1. The van der Waals surface area contributed by atoms with Crippen molar-refractivity contribution in [2.75, 3.05) is 26.7 Å². The van der Waals surface area contributed by atoms with E-state index in [0.717, 1.165) is 41.9 Å². The smallest absolute Gasteiger partial charge is 0.325 e. The van der Waals surface area contributed by atoms with E-state index in [2.05, 4.69) is 5.32 Å². The molecule has 1 atom stereocenters. The Morgan fingerprint density at radius 1 is 1.07 bits per heavy atom. The Kier molecular flexibility index (Phi) is 6.77. The van der Waals surface area contributed by atoms with Gasteiger partial charge in [0.15, 0.2) is 0 Å². The molecule has 2 fully saturated rings. The molecule has 1 N–H and O–H groups in total. The van der Waals surface area contributed by atoms with Crippen LogP contribution in [0.15, 0.2) is 24.3 Å². The maximum Gasteiger partial charge on any atom is 0.325 e. The van der Waals surface area contributed by atoms with Crippen molar-refractivity contribution in [3.63, 3.8) is 0 Å². The highest BCUT2D eigenvalue weighted by Crippen LogP contribution is 2.24. The number of hydrogen-bond acceptors (Lipinski definition) is 4. The van der Waals surface area contributed by atoms with E-state index in [-0.39, 0.29) is 18.4 Å². The number of carbonyl (C=O) groups excluding carboxylic acids is 3. The molecule has 3 rings (SSSR count).